The van der Waals surface area contributed by atoms with Gasteiger partial charge in [-0.3, -0.25) is 4.79 Å². The number of likely N-dealkylation sites (N-methyl/N-ethyl adjacent to an activating group) is 1. The van der Waals surface area contributed by atoms with Crippen LogP contribution in [0.2, 0.25) is 0 Å². The standard InChI is InChI=1S/C13H26N2O2/c1-5-6-12-9-11(7-8-17-12)14-10(2)13(16)15(3)4/h10-12,14H,5-9H2,1-4H3. The molecule has 1 aliphatic rings. The summed E-state index contributed by atoms with van der Waals surface area (Å²) in [5, 5.41) is 3.42. The molecule has 4 heteroatoms. The second-order valence-corrected chi connectivity index (χ2v) is 5.12. The highest BCUT2D eigenvalue weighted by atomic mass is 16.5. The lowest BCUT2D eigenvalue weighted by molar-refractivity contribution is -0.131. The van der Waals surface area contributed by atoms with Crippen LogP contribution in [0.5, 0.6) is 0 Å². The van der Waals surface area contributed by atoms with Gasteiger partial charge in [0.05, 0.1) is 12.1 Å². The summed E-state index contributed by atoms with van der Waals surface area (Å²) in [5.41, 5.74) is 0. The van der Waals surface area contributed by atoms with Crippen LogP contribution < -0.4 is 5.32 Å². The Bertz CT molecular complexity index is 242. The number of amides is 1. The van der Waals surface area contributed by atoms with Crippen LogP contribution in [0.1, 0.15) is 39.5 Å². The molecule has 3 unspecified atom stereocenters. The van der Waals surface area contributed by atoms with E-state index < -0.39 is 0 Å². The van der Waals surface area contributed by atoms with E-state index in [0.717, 1.165) is 32.3 Å². The molecule has 1 rings (SSSR count). The van der Waals surface area contributed by atoms with Crippen molar-refractivity contribution in [1.29, 1.82) is 0 Å². The fourth-order valence-electron chi connectivity index (χ4n) is 2.37. The third-order valence-electron chi connectivity index (χ3n) is 3.27. The van der Waals surface area contributed by atoms with Crippen molar-refractivity contribution in [3.8, 4) is 0 Å². The van der Waals surface area contributed by atoms with Crippen LogP contribution in [-0.4, -0.2) is 49.7 Å². The number of nitrogens with one attached hydrogen (secondary N) is 1. The number of hydrogen-bond donors (Lipinski definition) is 1. The van der Waals surface area contributed by atoms with Crippen LogP contribution in [0.3, 0.4) is 0 Å². The summed E-state index contributed by atoms with van der Waals surface area (Å²) in [7, 11) is 3.59. The van der Waals surface area contributed by atoms with E-state index in [1.54, 1.807) is 19.0 Å². The normalized spacial score (nSPS) is 26.6. The van der Waals surface area contributed by atoms with E-state index in [-0.39, 0.29) is 11.9 Å². The molecule has 1 N–H and O–H groups in total. The average Bonchev–Trinajstić information content (AvgIpc) is 2.28. The lowest BCUT2D eigenvalue weighted by Crippen LogP contribution is -2.49. The van der Waals surface area contributed by atoms with Gasteiger partial charge in [0.25, 0.3) is 0 Å². The maximum absolute atomic E-state index is 11.8. The van der Waals surface area contributed by atoms with Crippen LogP contribution in [0.15, 0.2) is 0 Å². The Hall–Kier alpha value is -0.610. The molecule has 0 radical (unpaired) electrons. The van der Waals surface area contributed by atoms with Gasteiger partial charge in [-0.1, -0.05) is 13.3 Å². The minimum Gasteiger partial charge on any atom is -0.378 e. The number of ether oxygens (including phenoxy) is 1. The number of nitrogens with zero attached hydrogens (tertiary/aromatic N) is 1. The van der Waals surface area contributed by atoms with Crippen LogP contribution in [-0.2, 0) is 9.53 Å². The van der Waals surface area contributed by atoms with Crippen LogP contribution in [0.4, 0.5) is 0 Å². The van der Waals surface area contributed by atoms with Gasteiger partial charge in [0.2, 0.25) is 5.91 Å². The highest BCUT2D eigenvalue weighted by Crippen LogP contribution is 2.18. The summed E-state index contributed by atoms with van der Waals surface area (Å²) in [6, 6.07) is 0.314. The van der Waals surface area contributed by atoms with Gasteiger partial charge in [-0.25, -0.2) is 0 Å². The van der Waals surface area contributed by atoms with E-state index in [1.807, 2.05) is 6.92 Å². The molecular weight excluding hydrogens is 216 g/mol. The molecule has 0 aliphatic carbocycles. The van der Waals surface area contributed by atoms with Gasteiger partial charge in [0, 0.05) is 26.7 Å². The van der Waals surface area contributed by atoms with E-state index in [4.69, 9.17) is 4.74 Å². The van der Waals surface area contributed by atoms with Crippen molar-refractivity contribution in [1.82, 2.24) is 10.2 Å². The zero-order valence-electron chi connectivity index (χ0n) is 11.5. The first-order valence-electron chi connectivity index (χ1n) is 6.63. The van der Waals surface area contributed by atoms with E-state index >= 15 is 0 Å². The maximum Gasteiger partial charge on any atom is 0.238 e. The minimum absolute atomic E-state index is 0.102. The summed E-state index contributed by atoms with van der Waals surface area (Å²) in [6.45, 7) is 4.93. The Kier molecular flexibility index (Phi) is 5.92. The number of carbonyl (C=O) groups excluding carboxylic acids is 1. The van der Waals surface area contributed by atoms with Gasteiger partial charge < -0.3 is 15.0 Å². The molecule has 0 aromatic heterocycles. The molecule has 0 spiro atoms. The monoisotopic (exact) mass is 242 g/mol. The molecule has 1 saturated heterocycles. The smallest absolute Gasteiger partial charge is 0.238 e. The summed E-state index contributed by atoms with van der Waals surface area (Å²) < 4.78 is 5.70. The fourth-order valence-corrected chi connectivity index (χ4v) is 2.37. The largest absolute Gasteiger partial charge is 0.378 e. The molecule has 1 aliphatic heterocycles. The summed E-state index contributed by atoms with van der Waals surface area (Å²) >= 11 is 0. The predicted octanol–water partition coefficient (Wildman–Crippen LogP) is 1.40. The van der Waals surface area contributed by atoms with Gasteiger partial charge in [-0.05, 0) is 26.2 Å². The first-order valence-corrected chi connectivity index (χ1v) is 6.63. The molecular formula is C13H26N2O2. The topological polar surface area (TPSA) is 41.6 Å². The maximum atomic E-state index is 11.8. The van der Waals surface area contributed by atoms with Crippen molar-refractivity contribution in [3.63, 3.8) is 0 Å². The van der Waals surface area contributed by atoms with Crippen molar-refractivity contribution in [2.24, 2.45) is 0 Å². The number of hydrogen-bond acceptors (Lipinski definition) is 3. The van der Waals surface area contributed by atoms with Crippen LogP contribution in [0, 0.1) is 0 Å². The Morgan fingerprint density at radius 3 is 2.82 bits per heavy atom. The molecule has 0 saturated carbocycles. The van der Waals surface area contributed by atoms with E-state index in [0.29, 0.717) is 12.1 Å². The zero-order chi connectivity index (χ0) is 12.8. The lowest BCUT2D eigenvalue weighted by atomic mass is 9.99. The molecule has 0 aromatic rings. The summed E-state index contributed by atoms with van der Waals surface area (Å²) in [4.78, 5) is 13.4. The first-order chi connectivity index (χ1) is 8.04. The molecule has 3 atom stereocenters. The number of carbonyl (C=O) groups is 1. The fraction of sp³-hybridized carbons (Fsp3) is 0.923. The van der Waals surface area contributed by atoms with Crippen LogP contribution >= 0.6 is 0 Å². The second kappa shape index (κ2) is 6.97. The highest BCUT2D eigenvalue weighted by molar-refractivity contribution is 5.80. The molecule has 4 nitrogen and oxygen atoms in total. The SMILES string of the molecule is CCCC1CC(NC(C)C(=O)N(C)C)CCO1. The number of rotatable bonds is 5. The lowest BCUT2D eigenvalue weighted by Gasteiger charge is -2.32. The van der Waals surface area contributed by atoms with Crippen LogP contribution in [0.25, 0.3) is 0 Å². The van der Waals surface area contributed by atoms with E-state index in [1.165, 1.54) is 0 Å². The Morgan fingerprint density at radius 2 is 2.24 bits per heavy atom. The van der Waals surface area contributed by atoms with Gasteiger partial charge in [0.1, 0.15) is 0 Å². The zero-order valence-corrected chi connectivity index (χ0v) is 11.5. The predicted molar refractivity (Wildman–Crippen MR) is 69.0 cm³/mol. The molecule has 1 heterocycles. The van der Waals surface area contributed by atoms with Crippen molar-refractivity contribution >= 4 is 5.91 Å². The Labute approximate surface area is 105 Å². The van der Waals surface area contributed by atoms with Gasteiger partial charge in [-0.2, -0.15) is 0 Å². The third kappa shape index (κ3) is 4.64. The Balaban J connectivity index is 2.37. The highest BCUT2D eigenvalue weighted by Gasteiger charge is 2.25. The summed E-state index contributed by atoms with van der Waals surface area (Å²) in [6.07, 6.45) is 4.68. The van der Waals surface area contributed by atoms with E-state index in [9.17, 15) is 4.79 Å². The molecule has 1 amide bonds. The molecule has 100 valence electrons. The van der Waals surface area contributed by atoms with Crippen molar-refractivity contribution in [2.45, 2.75) is 57.7 Å². The van der Waals surface area contributed by atoms with Gasteiger partial charge in [-0.15, -0.1) is 0 Å². The first kappa shape index (κ1) is 14.5. The molecule has 1 fully saturated rings. The van der Waals surface area contributed by atoms with E-state index in [2.05, 4.69) is 12.2 Å². The van der Waals surface area contributed by atoms with Crippen molar-refractivity contribution < 1.29 is 9.53 Å². The molecule has 0 aromatic carbocycles. The van der Waals surface area contributed by atoms with Crippen molar-refractivity contribution in [2.75, 3.05) is 20.7 Å². The minimum atomic E-state index is -0.102. The van der Waals surface area contributed by atoms with Gasteiger partial charge >= 0.3 is 0 Å². The Morgan fingerprint density at radius 1 is 1.53 bits per heavy atom. The summed E-state index contributed by atoms with van der Waals surface area (Å²) in [5.74, 6) is 0.142. The third-order valence-corrected chi connectivity index (χ3v) is 3.27. The average molecular weight is 242 g/mol. The molecule has 0 bridgehead atoms. The quantitative estimate of drug-likeness (QED) is 0.792. The van der Waals surface area contributed by atoms with Gasteiger partial charge in [0.15, 0.2) is 0 Å². The van der Waals surface area contributed by atoms with Crippen molar-refractivity contribution in [3.05, 3.63) is 0 Å². The second-order valence-electron chi connectivity index (χ2n) is 5.12. The molecule has 17 heavy (non-hydrogen) atoms.